The molecule has 0 amide bonds. The Labute approximate surface area is 118 Å². The van der Waals surface area contributed by atoms with Gasteiger partial charge in [-0.2, -0.15) is 0 Å². The molecular weight excluding hydrogens is 254 g/mol. The summed E-state index contributed by atoms with van der Waals surface area (Å²) in [7, 11) is 1.55. The SMILES string of the molecule is COc1ccc(-c2nccc(CNC(C)(C)C)n2)nn1. The predicted molar refractivity (Wildman–Crippen MR) is 76.2 cm³/mol. The molecule has 2 aromatic rings. The molecule has 6 nitrogen and oxygen atoms in total. The van der Waals surface area contributed by atoms with Crippen LogP contribution < -0.4 is 10.1 Å². The monoisotopic (exact) mass is 273 g/mol. The lowest BCUT2D eigenvalue weighted by molar-refractivity contribution is 0.392. The topological polar surface area (TPSA) is 72.8 Å². The highest BCUT2D eigenvalue weighted by molar-refractivity contribution is 5.48. The standard InChI is InChI=1S/C14H19N5O/c1-14(2,3)16-9-10-7-8-15-13(17-10)11-5-6-12(20-4)19-18-11/h5-8,16H,9H2,1-4H3. The average Bonchev–Trinajstić information content (AvgIpc) is 2.45. The molecule has 0 bridgehead atoms. The molecule has 20 heavy (non-hydrogen) atoms. The van der Waals surface area contributed by atoms with Gasteiger partial charge in [0.05, 0.1) is 12.8 Å². The molecule has 2 rings (SSSR count). The van der Waals surface area contributed by atoms with Gasteiger partial charge in [0, 0.05) is 24.3 Å². The molecule has 6 heteroatoms. The van der Waals surface area contributed by atoms with Crippen molar-refractivity contribution in [3.8, 4) is 17.4 Å². The van der Waals surface area contributed by atoms with Crippen LogP contribution in [0, 0.1) is 0 Å². The van der Waals surface area contributed by atoms with Gasteiger partial charge in [0.25, 0.3) is 0 Å². The van der Waals surface area contributed by atoms with Crippen LogP contribution in [-0.2, 0) is 6.54 Å². The zero-order valence-corrected chi connectivity index (χ0v) is 12.2. The maximum Gasteiger partial charge on any atom is 0.233 e. The van der Waals surface area contributed by atoms with E-state index in [1.807, 2.05) is 6.07 Å². The van der Waals surface area contributed by atoms with Crippen LogP contribution in [0.1, 0.15) is 26.5 Å². The van der Waals surface area contributed by atoms with E-state index in [-0.39, 0.29) is 5.54 Å². The molecule has 0 spiro atoms. The Bertz CT molecular complexity index is 563. The summed E-state index contributed by atoms with van der Waals surface area (Å²) in [4.78, 5) is 8.71. The van der Waals surface area contributed by atoms with E-state index in [9.17, 15) is 0 Å². The molecule has 2 aromatic heterocycles. The highest BCUT2D eigenvalue weighted by Gasteiger charge is 2.10. The van der Waals surface area contributed by atoms with Crippen molar-refractivity contribution in [2.75, 3.05) is 7.11 Å². The maximum absolute atomic E-state index is 4.98. The first-order valence-electron chi connectivity index (χ1n) is 6.43. The van der Waals surface area contributed by atoms with Crippen molar-refractivity contribution in [2.45, 2.75) is 32.9 Å². The normalized spacial score (nSPS) is 11.4. The molecule has 0 aliphatic heterocycles. The molecule has 0 radical (unpaired) electrons. The molecule has 0 unspecified atom stereocenters. The Kier molecular flexibility index (Phi) is 4.24. The van der Waals surface area contributed by atoms with Crippen molar-refractivity contribution < 1.29 is 4.74 Å². The molecular formula is C14H19N5O. The van der Waals surface area contributed by atoms with Gasteiger partial charge in [0.1, 0.15) is 5.69 Å². The molecule has 1 N–H and O–H groups in total. The van der Waals surface area contributed by atoms with Crippen molar-refractivity contribution in [1.82, 2.24) is 25.5 Å². The van der Waals surface area contributed by atoms with E-state index < -0.39 is 0 Å². The van der Waals surface area contributed by atoms with Gasteiger partial charge >= 0.3 is 0 Å². The highest BCUT2D eigenvalue weighted by Crippen LogP contribution is 2.13. The number of nitrogens with zero attached hydrogens (tertiary/aromatic N) is 4. The van der Waals surface area contributed by atoms with Crippen LogP contribution in [0.25, 0.3) is 11.5 Å². The van der Waals surface area contributed by atoms with Crippen molar-refractivity contribution in [3.63, 3.8) is 0 Å². The van der Waals surface area contributed by atoms with Gasteiger partial charge in [-0.05, 0) is 32.9 Å². The molecule has 0 aliphatic carbocycles. The van der Waals surface area contributed by atoms with Gasteiger partial charge in [-0.15, -0.1) is 10.2 Å². The Morgan fingerprint density at radius 2 is 1.95 bits per heavy atom. The lowest BCUT2D eigenvalue weighted by Crippen LogP contribution is -2.35. The van der Waals surface area contributed by atoms with Crippen LogP contribution in [0.4, 0.5) is 0 Å². The minimum Gasteiger partial charge on any atom is -0.480 e. The number of hydrogen-bond donors (Lipinski definition) is 1. The third kappa shape index (κ3) is 3.96. The van der Waals surface area contributed by atoms with Crippen LogP contribution in [0.2, 0.25) is 0 Å². The third-order valence-electron chi connectivity index (χ3n) is 2.59. The molecule has 0 aromatic carbocycles. The quantitative estimate of drug-likeness (QED) is 0.916. The van der Waals surface area contributed by atoms with E-state index in [2.05, 4.69) is 46.3 Å². The zero-order valence-electron chi connectivity index (χ0n) is 12.2. The van der Waals surface area contributed by atoms with E-state index in [1.54, 1.807) is 25.4 Å². The first-order chi connectivity index (χ1) is 9.48. The largest absolute Gasteiger partial charge is 0.480 e. The summed E-state index contributed by atoms with van der Waals surface area (Å²) in [6.45, 7) is 7.03. The molecule has 0 atom stereocenters. The summed E-state index contributed by atoms with van der Waals surface area (Å²) in [6, 6.07) is 5.42. The molecule has 0 saturated carbocycles. The Hall–Kier alpha value is -2.08. The van der Waals surface area contributed by atoms with E-state index in [0.29, 0.717) is 23.9 Å². The van der Waals surface area contributed by atoms with Gasteiger partial charge in [0.2, 0.25) is 5.88 Å². The molecule has 106 valence electrons. The van der Waals surface area contributed by atoms with Gasteiger partial charge in [-0.1, -0.05) is 0 Å². The summed E-state index contributed by atoms with van der Waals surface area (Å²) < 4.78 is 4.98. The van der Waals surface area contributed by atoms with Crippen LogP contribution in [0.15, 0.2) is 24.4 Å². The van der Waals surface area contributed by atoms with Crippen LogP contribution in [0.3, 0.4) is 0 Å². The number of nitrogens with one attached hydrogen (secondary N) is 1. The minimum absolute atomic E-state index is 0.0467. The maximum atomic E-state index is 4.98. The lowest BCUT2D eigenvalue weighted by Gasteiger charge is -2.20. The Morgan fingerprint density at radius 3 is 2.55 bits per heavy atom. The minimum atomic E-state index is 0.0467. The average molecular weight is 273 g/mol. The molecule has 0 aliphatic rings. The number of rotatable bonds is 4. The highest BCUT2D eigenvalue weighted by atomic mass is 16.5. The number of aromatic nitrogens is 4. The van der Waals surface area contributed by atoms with Crippen LogP contribution >= 0.6 is 0 Å². The number of hydrogen-bond acceptors (Lipinski definition) is 6. The molecule has 0 saturated heterocycles. The second-order valence-corrected chi connectivity index (χ2v) is 5.44. The zero-order chi connectivity index (χ0) is 14.6. The van der Waals surface area contributed by atoms with Crippen molar-refractivity contribution in [1.29, 1.82) is 0 Å². The van der Waals surface area contributed by atoms with E-state index in [4.69, 9.17) is 4.74 Å². The summed E-state index contributed by atoms with van der Waals surface area (Å²) in [5.41, 5.74) is 1.59. The number of methoxy groups -OCH3 is 1. The van der Waals surface area contributed by atoms with E-state index in [1.165, 1.54) is 0 Å². The van der Waals surface area contributed by atoms with E-state index in [0.717, 1.165) is 5.69 Å². The van der Waals surface area contributed by atoms with Gasteiger partial charge < -0.3 is 10.1 Å². The summed E-state index contributed by atoms with van der Waals surface area (Å²) in [5.74, 6) is 1.03. The fourth-order valence-electron chi connectivity index (χ4n) is 1.52. The van der Waals surface area contributed by atoms with Crippen molar-refractivity contribution >= 4 is 0 Å². The summed E-state index contributed by atoms with van der Waals surface area (Å²) >= 11 is 0. The Morgan fingerprint density at radius 1 is 1.15 bits per heavy atom. The lowest BCUT2D eigenvalue weighted by atomic mass is 10.1. The van der Waals surface area contributed by atoms with Gasteiger partial charge in [0.15, 0.2) is 5.82 Å². The molecule has 2 heterocycles. The third-order valence-corrected chi connectivity index (χ3v) is 2.59. The summed E-state index contributed by atoms with van der Waals surface area (Å²) in [6.07, 6.45) is 1.73. The van der Waals surface area contributed by atoms with Crippen LogP contribution in [0.5, 0.6) is 5.88 Å². The fourth-order valence-corrected chi connectivity index (χ4v) is 1.52. The predicted octanol–water partition coefficient (Wildman–Crippen LogP) is 1.83. The van der Waals surface area contributed by atoms with Gasteiger partial charge in [-0.3, -0.25) is 0 Å². The van der Waals surface area contributed by atoms with Crippen molar-refractivity contribution in [2.24, 2.45) is 0 Å². The number of ether oxygens (including phenoxy) is 1. The second-order valence-electron chi connectivity index (χ2n) is 5.44. The van der Waals surface area contributed by atoms with Gasteiger partial charge in [-0.25, -0.2) is 9.97 Å². The van der Waals surface area contributed by atoms with Crippen molar-refractivity contribution in [3.05, 3.63) is 30.1 Å². The van der Waals surface area contributed by atoms with E-state index >= 15 is 0 Å². The Balaban J connectivity index is 2.16. The first-order valence-corrected chi connectivity index (χ1v) is 6.43. The van der Waals surface area contributed by atoms with Crippen LogP contribution in [-0.4, -0.2) is 32.8 Å². The fraction of sp³-hybridized carbons (Fsp3) is 0.429. The second kappa shape index (κ2) is 5.92. The smallest absolute Gasteiger partial charge is 0.233 e. The first kappa shape index (κ1) is 14.3. The summed E-state index contributed by atoms with van der Waals surface area (Å²) in [5, 5.41) is 11.4. The molecule has 0 fully saturated rings.